The van der Waals surface area contributed by atoms with E-state index in [1.54, 1.807) is 47.4 Å². The van der Waals surface area contributed by atoms with Gasteiger partial charge in [0.25, 0.3) is 5.91 Å². The number of hydrogen-bond donors (Lipinski definition) is 1. The van der Waals surface area contributed by atoms with Crippen LogP contribution in [-0.2, 0) is 6.18 Å². The summed E-state index contributed by atoms with van der Waals surface area (Å²) in [5, 5.41) is 2.57. The first-order valence-electron chi connectivity index (χ1n) is 10.7. The molecule has 11 heteroatoms. The van der Waals surface area contributed by atoms with Gasteiger partial charge < -0.3 is 9.88 Å². The monoisotopic (exact) mass is 522 g/mol. The third-order valence-corrected chi connectivity index (χ3v) is 5.45. The quantitative estimate of drug-likeness (QED) is 0.326. The van der Waals surface area contributed by atoms with Gasteiger partial charge in [-0.15, -0.1) is 12.4 Å². The van der Waals surface area contributed by atoms with Crippen molar-refractivity contribution in [3.8, 4) is 17.5 Å². The van der Waals surface area contributed by atoms with Crippen molar-refractivity contribution in [2.75, 3.05) is 5.32 Å². The first-order valence-corrected chi connectivity index (χ1v) is 10.7. The van der Waals surface area contributed by atoms with E-state index in [1.165, 1.54) is 29.4 Å². The van der Waals surface area contributed by atoms with Crippen LogP contribution in [0.4, 0.5) is 18.9 Å². The normalized spacial score (nSPS) is 10.9. The summed E-state index contributed by atoms with van der Waals surface area (Å²) in [7, 11) is 0. The molecule has 3 aromatic heterocycles. The van der Waals surface area contributed by atoms with Crippen molar-refractivity contribution in [2.45, 2.75) is 13.1 Å². The molecule has 0 aliphatic carbocycles. The Labute approximate surface area is 215 Å². The summed E-state index contributed by atoms with van der Waals surface area (Å²) in [6.07, 6.45) is 6.39. The number of fused-ring (bicyclic) bond motifs is 1. The second-order valence-electron chi connectivity index (χ2n) is 7.92. The molecule has 0 saturated heterocycles. The molecule has 2 aromatic carbocycles. The lowest BCUT2D eigenvalue weighted by atomic mass is 10.0. The van der Waals surface area contributed by atoms with Crippen LogP contribution >= 0.6 is 12.4 Å². The lowest BCUT2D eigenvalue weighted by Crippen LogP contribution is -2.14. The van der Waals surface area contributed by atoms with E-state index < -0.39 is 17.6 Å². The number of alkyl halides is 3. The standard InChI is InChI=1S/C26H17F3N6O.ClH/c1-17-2-3-19(10-18(17)4-5-22-14-32-24-15-30-7-9-35(22)24)25(36)33-21-11-20(26(27,28)29)12-23(13-21)34-8-6-31-16-34;/h2-3,6-16H,1H3,(H,33,36);1H. The molecule has 0 aliphatic heterocycles. The van der Waals surface area contributed by atoms with E-state index in [0.717, 1.165) is 17.7 Å². The first kappa shape index (κ1) is 25.5. The molecule has 0 spiro atoms. The van der Waals surface area contributed by atoms with Crippen molar-refractivity contribution in [2.24, 2.45) is 0 Å². The third-order valence-electron chi connectivity index (χ3n) is 5.45. The fourth-order valence-electron chi connectivity index (χ4n) is 3.58. The smallest absolute Gasteiger partial charge is 0.322 e. The van der Waals surface area contributed by atoms with Crippen LogP contribution in [0.2, 0.25) is 0 Å². The third kappa shape index (κ3) is 5.47. The van der Waals surface area contributed by atoms with Crippen LogP contribution in [0.1, 0.15) is 32.7 Å². The number of carbonyl (C=O) groups excluding carboxylic acids is 1. The number of aromatic nitrogens is 5. The molecule has 0 fully saturated rings. The van der Waals surface area contributed by atoms with Crippen LogP contribution < -0.4 is 5.32 Å². The molecule has 3 heterocycles. The first-order chi connectivity index (χ1) is 17.3. The van der Waals surface area contributed by atoms with Gasteiger partial charge in [-0.3, -0.25) is 14.2 Å². The van der Waals surface area contributed by atoms with Crippen molar-refractivity contribution in [1.29, 1.82) is 0 Å². The Morgan fingerprint density at radius 2 is 1.81 bits per heavy atom. The predicted molar refractivity (Wildman–Crippen MR) is 134 cm³/mol. The second kappa shape index (κ2) is 10.2. The van der Waals surface area contributed by atoms with E-state index in [1.807, 2.05) is 6.92 Å². The highest BCUT2D eigenvalue weighted by molar-refractivity contribution is 6.04. The number of nitrogens with one attached hydrogen (secondary N) is 1. The van der Waals surface area contributed by atoms with Gasteiger partial charge in [-0.05, 0) is 48.7 Å². The average molecular weight is 523 g/mol. The van der Waals surface area contributed by atoms with Crippen LogP contribution in [0.3, 0.4) is 0 Å². The Bertz CT molecular complexity index is 1650. The SMILES string of the molecule is Cc1ccc(C(=O)Nc2cc(-n3ccnc3)cc(C(F)(F)F)c2)cc1C#Cc1cnc2cnccn12.Cl. The van der Waals surface area contributed by atoms with Crippen molar-refractivity contribution < 1.29 is 18.0 Å². The number of benzene rings is 2. The minimum absolute atomic E-state index is 0. The van der Waals surface area contributed by atoms with Gasteiger partial charge in [-0.25, -0.2) is 9.97 Å². The zero-order valence-corrected chi connectivity index (χ0v) is 20.0. The number of hydrogen-bond acceptors (Lipinski definition) is 4. The molecule has 0 aliphatic rings. The minimum Gasteiger partial charge on any atom is -0.322 e. The topological polar surface area (TPSA) is 77.1 Å². The van der Waals surface area contributed by atoms with E-state index in [-0.39, 0.29) is 29.3 Å². The predicted octanol–water partition coefficient (Wildman–Crippen LogP) is 5.32. The highest BCUT2D eigenvalue weighted by atomic mass is 35.5. The van der Waals surface area contributed by atoms with Crippen molar-refractivity contribution in [3.63, 3.8) is 0 Å². The highest BCUT2D eigenvalue weighted by Gasteiger charge is 2.31. The minimum atomic E-state index is -4.59. The van der Waals surface area contributed by atoms with E-state index in [9.17, 15) is 18.0 Å². The van der Waals surface area contributed by atoms with Crippen molar-refractivity contribution in [1.82, 2.24) is 23.9 Å². The summed E-state index contributed by atoms with van der Waals surface area (Å²) in [6.45, 7) is 1.86. The van der Waals surface area contributed by atoms with Crippen LogP contribution in [-0.4, -0.2) is 29.8 Å². The molecule has 5 aromatic rings. The summed E-state index contributed by atoms with van der Waals surface area (Å²) in [4.78, 5) is 25.1. The maximum atomic E-state index is 13.5. The van der Waals surface area contributed by atoms with Gasteiger partial charge in [0.1, 0.15) is 5.69 Å². The summed E-state index contributed by atoms with van der Waals surface area (Å²) >= 11 is 0. The molecule has 1 amide bonds. The van der Waals surface area contributed by atoms with Gasteiger partial charge in [-0.2, -0.15) is 13.2 Å². The van der Waals surface area contributed by atoms with Crippen LogP contribution in [0, 0.1) is 18.8 Å². The van der Waals surface area contributed by atoms with Gasteiger partial charge in [0.2, 0.25) is 0 Å². The van der Waals surface area contributed by atoms with E-state index in [4.69, 9.17) is 0 Å². The molecular weight excluding hydrogens is 505 g/mol. The fourth-order valence-corrected chi connectivity index (χ4v) is 3.58. The lowest BCUT2D eigenvalue weighted by molar-refractivity contribution is -0.137. The summed E-state index contributed by atoms with van der Waals surface area (Å²) in [5.41, 5.74) is 2.35. The number of carbonyl (C=O) groups is 1. The van der Waals surface area contributed by atoms with E-state index in [0.29, 0.717) is 16.9 Å². The van der Waals surface area contributed by atoms with Gasteiger partial charge >= 0.3 is 6.18 Å². The van der Waals surface area contributed by atoms with E-state index in [2.05, 4.69) is 32.1 Å². The average Bonchev–Trinajstić information content (AvgIpc) is 3.53. The van der Waals surface area contributed by atoms with Crippen LogP contribution in [0.15, 0.2) is 79.9 Å². The Morgan fingerprint density at radius 3 is 2.57 bits per heavy atom. The highest BCUT2D eigenvalue weighted by Crippen LogP contribution is 2.33. The lowest BCUT2D eigenvalue weighted by Gasteiger charge is -2.14. The molecule has 1 N–H and O–H groups in total. The molecule has 0 unspecified atom stereocenters. The molecule has 0 radical (unpaired) electrons. The maximum Gasteiger partial charge on any atom is 0.416 e. The Hall–Kier alpha value is -4.62. The number of rotatable bonds is 3. The van der Waals surface area contributed by atoms with E-state index >= 15 is 0 Å². The number of amides is 1. The fraction of sp³-hybridized carbons (Fsp3) is 0.0769. The molecular formula is C26H18ClF3N6O. The number of halogens is 4. The van der Waals surface area contributed by atoms with Gasteiger partial charge in [0.15, 0.2) is 5.65 Å². The molecule has 0 bridgehead atoms. The molecule has 37 heavy (non-hydrogen) atoms. The second-order valence-corrected chi connectivity index (χ2v) is 7.92. The van der Waals surface area contributed by atoms with Gasteiger partial charge in [-0.1, -0.05) is 12.0 Å². The Kier molecular flexibility index (Phi) is 7.00. The molecule has 7 nitrogen and oxygen atoms in total. The zero-order chi connectivity index (χ0) is 25.3. The number of imidazole rings is 2. The summed E-state index contributed by atoms with van der Waals surface area (Å²) in [6, 6.07) is 8.27. The zero-order valence-electron chi connectivity index (χ0n) is 19.2. The number of anilines is 1. The number of aryl methyl sites for hydroxylation is 1. The summed E-state index contributed by atoms with van der Waals surface area (Å²) < 4.78 is 43.7. The largest absolute Gasteiger partial charge is 0.416 e. The van der Waals surface area contributed by atoms with Crippen molar-refractivity contribution >= 4 is 29.6 Å². The maximum absolute atomic E-state index is 13.5. The molecule has 5 rings (SSSR count). The molecule has 186 valence electrons. The van der Waals surface area contributed by atoms with Crippen LogP contribution in [0.5, 0.6) is 0 Å². The number of nitrogens with zero attached hydrogens (tertiary/aromatic N) is 5. The van der Waals surface area contributed by atoms with Crippen LogP contribution in [0.25, 0.3) is 11.3 Å². The Balaban J connectivity index is 0.00000320. The van der Waals surface area contributed by atoms with Crippen molar-refractivity contribution in [3.05, 3.63) is 108 Å². The molecule has 0 saturated carbocycles. The summed E-state index contributed by atoms with van der Waals surface area (Å²) in [5.74, 6) is 5.54. The Morgan fingerprint density at radius 1 is 1.00 bits per heavy atom. The van der Waals surface area contributed by atoms with Gasteiger partial charge in [0, 0.05) is 47.3 Å². The molecule has 0 atom stereocenters. The van der Waals surface area contributed by atoms with Gasteiger partial charge in [0.05, 0.1) is 24.3 Å².